The SMILES string of the molecule is CC(Oc1ccc(F)cc1[C@H](C)O)C(=O)N1CCCC1. The van der Waals surface area contributed by atoms with Gasteiger partial charge in [0.1, 0.15) is 11.6 Å². The van der Waals surface area contributed by atoms with Crippen molar-refractivity contribution in [3.63, 3.8) is 0 Å². The maximum atomic E-state index is 13.2. The zero-order valence-corrected chi connectivity index (χ0v) is 11.8. The van der Waals surface area contributed by atoms with E-state index in [0.717, 1.165) is 25.9 Å². The van der Waals surface area contributed by atoms with Crippen LogP contribution in [0.3, 0.4) is 0 Å². The predicted octanol–water partition coefficient (Wildman–Crippen LogP) is 2.27. The fraction of sp³-hybridized carbons (Fsp3) is 0.533. The first-order valence-electron chi connectivity index (χ1n) is 6.92. The molecule has 1 aliphatic rings. The van der Waals surface area contributed by atoms with Crippen LogP contribution < -0.4 is 4.74 Å². The smallest absolute Gasteiger partial charge is 0.263 e. The van der Waals surface area contributed by atoms with Crippen LogP contribution in [-0.2, 0) is 4.79 Å². The topological polar surface area (TPSA) is 49.8 Å². The van der Waals surface area contributed by atoms with Crippen LogP contribution in [0.2, 0.25) is 0 Å². The molecule has 0 aliphatic carbocycles. The molecule has 110 valence electrons. The van der Waals surface area contributed by atoms with Gasteiger partial charge in [0, 0.05) is 18.7 Å². The quantitative estimate of drug-likeness (QED) is 0.921. The number of amides is 1. The third-order valence-corrected chi connectivity index (χ3v) is 3.49. The first-order chi connectivity index (χ1) is 9.49. The maximum Gasteiger partial charge on any atom is 0.263 e. The van der Waals surface area contributed by atoms with Crippen molar-refractivity contribution in [2.24, 2.45) is 0 Å². The first kappa shape index (κ1) is 14.8. The molecule has 2 atom stereocenters. The van der Waals surface area contributed by atoms with E-state index in [9.17, 15) is 14.3 Å². The number of hydrogen-bond donors (Lipinski definition) is 1. The van der Waals surface area contributed by atoms with Crippen LogP contribution >= 0.6 is 0 Å². The molecule has 1 unspecified atom stereocenters. The number of aliphatic hydroxyl groups is 1. The second kappa shape index (κ2) is 6.22. The highest BCUT2D eigenvalue weighted by molar-refractivity contribution is 5.81. The van der Waals surface area contributed by atoms with Crippen molar-refractivity contribution in [2.45, 2.75) is 38.9 Å². The summed E-state index contributed by atoms with van der Waals surface area (Å²) in [5, 5.41) is 9.65. The summed E-state index contributed by atoms with van der Waals surface area (Å²) in [6, 6.07) is 3.94. The largest absolute Gasteiger partial charge is 0.481 e. The van der Waals surface area contributed by atoms with Crippen molar-refractivity contribution >= 4 is 5.91 Å². The molecule has 2 rings (SSSR count). The molecule has 0 aromatic heterocycles. The third-order valence-electron chi connectivity index (χ3n) is 3.49. The van der Waals surface area contributed by atoms with Crippen molar-refractivity contribution in [1.82, 2.24) is 4.90 Å². The zero-order chi connectivity index (χ0) is 14.7. The van der Waals surface area contributed by atoms with Gasteiger partial charge >= 0.3 is 0 Å². The van der Waals surface area contributed by atoms with Crippen molar-refractivity contribution in [3.05, 3.63) is 29.6 Å². The first-order valence-corrected chi connectivity index (χ1v) is 6.92. The van der Waals surface area contributed by atoms with E-state index < -0.39 is 18.0 Å². The zero-order valence-electron chi connectivity index (χ0n) is 11.8. The van der Waals surface area contributed by atoms with Crippen LogP contribution in [0.5, 0.6) is 5.75 Å². The summed E-state index contributed by atoms with van der Waals surface area (Å²) in [6.45, 7) is 4.74. The molecule has 1 amide bonds. The number of hydrogen-bond acceptors (Lipinski definition) is 3. The van der Waals surface area contributed by atoms with E-state index in [1.54, 1.807) is 11.8 Å². The Morgan fingerprint density at radius 1 is 1.35 bits per heavy atom. The van der Waals surface area contributed by atoms with Gasteiger partial charge in [-0.3, -0.25) is 4.79 Å². The fourth-order valence-electron chi connectivity index (χ4n) is 2.39. The van der Waals surface area contributed by atoms with E-state index in [4.69, 9.17) is 4.74 Å². The lowest BCUT2D eigenvalue weighted by Gasteiger charge is -2.22. The van der Waals surface area contributed by atoms with Crippen LogP contribution in [-0.4, -0.2) is 35.1 Å². The molecule has 1 aromatic rings. The lowest BCUT2D eigenvalue weighted by atomic mass is 10.1. The minimum absolute atomic E-state index is 0.0663. The highest BCUT2D eigenvalue weighted by Crippen LogP contribution is 2.27. The van der Waals surface area contributed by atoms with Crippen LogP contribution in [0.4, 0.5) is 4.39 Å². The van der Waals surface area contributed by atoms with Gasteiger partial charge < -0.3 is 14.7 Å². The Balaban J connectivity index is 2.10. The molecule has 1 saturated heterocycles. The third kappa shape index (κ3) is 3.28. The molecule has 4 nitrogen and oxygen atoms in total. The van der Waals surface area contributed by atoms with Crippen molar-refractivity contribution < 1.29 is 19.0 Å². The monoisotopic (exact) mass is 281 g/mol. The molecular formula is C15H20FNO3. The van der Waals surface area contributed by atoms with Gasteiger partial charge in [-0.2, -0.15) is 0 Å². The van der Waals surface area contributed by atoms with E-state index in [2.05, 4.69) is 0 Å². The summed E-state index contributed by atoms with van der Waals surface area (Å²) in [7, 11) is 0. The van der Waals surface area contributed by atoms with Gasteiger partial charge in [-0.1, -0.05) is 0 Å². The Hall–Kier alpha value is -1.62. The highest BCUT2D eigenvalue weighted by Gasteiger charge is 2.25. The van der Waals surface area contributed by atoms with E-state index in [0.29, 0.717) is 11.3 Å². The van der Waals surface area contributed by atoms with Gasteiger partial charge in [0.2, 0.25) is 0 Å². The van der Waals surface area contributed by atoms with Gasteiger partial charge in [0.05, 0.1) is 6.10 Å². The summed E-state index contributed by atoms with van der Waals surface area (Å²) in [5.41, 5.74) is 0.353. The van der Waals surface area contributed by atoms with E-state index >= 15 is 0 Å². The molecular weight excluding hydrogens is 261 g/mol. The van der Waals surface area contributed by atoms with Crippen molar-refractivity contribution in [2.75, 3.05) is 13.1 Å². The molecule has 1 aromatic carbocycles. The van der Waals surface area contributed by atoms with Gasteiger partial charge in [-0.15, -0.1) is 0 Å². The van der Waals surface area contributed by atoms with Crippen LogP contribution in [0.15, 0.2) is 18.2 Å². The molecule has 1 heterocycles. The van der Waals surface area contributed by atoms with Crippen molar-refractivity contribution in [3.8, 4) is 5.75 Å². The number of benzene rings is 1. The number of ether oxygens (including phenoxy) is 1. The van der Waals surface area contributed by atoms with Crippen LogP contribution in [0.1, 0.15) is 38.4 Å². The summed E-state index contributed by atoms with van der Waals surface area (Å²) in [6.07, 6.45) is 0.549. The summed E-state index contributed by atoms with van der Waals surface area (Å²) < 4.78 is 18.8. The summed E-state index contributed by atoms with van der Waals surface area (Å²) >= 11 is 0. The number of likely N-dealkylation sites (tertiary alicyclic amines) is 1. The molecule has 1 aliphatic heterocycles. The minimum Gasteiger partial charge on any atom is -0.481 e. The second-order valence-electron chi connectivity index (χ2n) is 5.15. The van der Waals surface area contributed by atoms with Crippen LogP contribution in [0.25, 0.3) is 0 Å². The number of aliphatic hydroxyl groups excluding tert-OH is 1. The Bertz CT molecular complexity index is 484. The van der Waals surface area contributed by atoms with Crippen LogP contribution in [0, 0.1) is 5.82 Å². The lowest BCUT2D eigenvalue weighted by Crippen LogP contribution is -2.38. The Morgan fingerprint density at radius 3 is 2.60 bits per heavy atom. The molecule has 5 heteroatoms. The molecule has 20 heavy (non-hydrogen) atoms. The average Bonchev–Trinajstić information content (AvgIpc) is 2.93. The fourth-order valence-corrected chi connectivity index (χ4v) is 2.39. The maximum absolute atomic E-state index is 13.2. The highest BCUT2D eigenvalue weighted by atomic mass is 19.1. The van der Waals surface area contributed by atoms with Crippen molar-refractivity contribution in [1.29, 1.82) is 0 Å². The lowest BCUT2D eigenvalue weighted by molar-refractivity contribution is -0.136. The Labute approximate surface area is 118 Å². The van der Waals surface area contributed by atoms with Gasteiger partial charge in [-0.05, 0) is 44.9 Å². The molecule has 0 saturated carbocycles. The van der Waals surface area contributed by atoms with Gasteiger partial charge in [0.15, 0.2) is 6.10 Å². The molecule has 1 fully saturated rings. The molecule has 0 radical (unpaired) electrons. The molecule has 0 bridgehead atoms. The average molecular weight is 281 g/mol. The normalized spacial score (nSPS) is 17.9. The van der Waals surface area contributed by atoms with Gasteiger partial charge in [0.25, 0.3) is 5.91 Å². The van der Waals surface area contributed by atoms with E-state index in [1.165, 1.54) is 25.1 Å². The Morgan fingerprint density at radius 2 is 2.00 bits per heavy atom. The number of carbonyl (C=O) groups is 1. The molecule has 1 N–H and O–H groups in total. The number of halogens is 1. The standard InChI is InChI=1S/C15H20FNO3/c1-10(18)13-9-12(16)5-6-14(13)20-11(2)15(19)17-7-3-4-8-17/h5-6,9-11,18H,3-4,7-8H2,1-2H3/t10-,11?/m0/s1. The summed E-state index contributed by atoms with van der Waals surface area (Å²) in [5.74, 6) is -0.156. The van der Waals surface area contributed by atoms with E-state index in [-0.39, 0.29) is 5.91 Å². The summed E-state index contributed by atoms with van der Waals surface area (Å²) in [4.78, 5) is 13.9. The number of nitrogens with zero attached hydrogens (tertiary/aromatic N) is 1. The number of rotatable bonds is 4. The second-order valence-corrected chi connectivity index (χ2v) is 5.15. The molecule has 0 spiro atoms. The van der Waals surface area contributed by atoms with E-state index in [1.807, 2.05) is 0 Å². The predicted molar refractivity (Wildman–Crippen MR) is 72.9 cm³/mol. The minimum atomic E-state index is -0.852. The van der Waals surface area contributed by atoms with Gasteiger partial charge in [-0.25, -0.2) is 4.39 Å². The Kier molecular flexibility index (Phi) is 4.60. The number of carbonyl (C=O) groups excluding carboxylic acids is 1.